The summed E-state index contributed by atoms with van der Waals surface area (Å²) in [4.78, 5) is 13.3. The fraction of sp³-hybridized carbons (Fsp3) is 0.364. The quantitative estimate of drug-likeness (QED) is 0.670. The maximum atomic E-state index is 11.7. The molecule has 0 aliphatic carbocycles. The van der Waals surface area contributed by atoms with Gasteiger partial charge < -0.3 is 15.7 Å². The van der Waals surface area contributed by atoms with Gasteiger partial charge in [0.2, 0.25) is 5.91 Å². The highest BCUT2D eigenvalue weighted by molar-refractivity contribution is 5.81. The number of likely N-dealkylation sites (tertiary alicyclic amines) is 1. The van der Waals surface area contributed by atoms with E-state index in [1.54, 1.807) is 11.0 Å². The van der Waals surface area contributed by atoms with Crippen molar-refractivity contribution < 1.29 is 9.90 Å². The molecule has 4 heteroatoms. The molecule has 0 saturated carbocycles. The number of nitrogens with zero attached hydrogens (tertiary/aromatic N) is 1. The fourth-order valence-electron chi connectivity index (χ4n) is 1.63. The second-order valence-corrected chi connectivity index (χ2v) is 3.83. The van der Waals surface area contributed by atoms with E-state index in [2.05, 4.69) is 0 Å². The van der Waals surface area contributed by atoms with Crippen LogP contribution in [0.4, 0.5) is 5.69 Å². The van der Waals surface area contributed by atoms with Gasteiger partial charge in [-0.1, -0.05) is 18.2 Å². The van der Waals surface area contributed by atoms with Crippen molar-refractivity contribution in [1.82, 2.24) is 4.90 Å². The second kappa shape index (κ2) is 3.90. The van der Waals surface area contributed by atoms with Crippen LogP contribution in [0.15, 0.2) is 24.3 Å². The van der Waals surface area contributed by atoms with E-state index in [1.807, 2.05) is 18.2 Å². The molecule has 0 aromatic heterocycles. The van der Waals surface area contributed by atoms with Gasteiger partial charge in [0.05, 0.1) is 12.5 Å². The molecule has 15 heavy (non-hydrogen) atoms. The van der Waals surface area contributed by atoms with E-state index in [4.69, 9.17) is 10.8 Å². The Kier molecular flexibility index (Phi) is 2.60. The lowest BCUT2D eigenvalue weighted by molar-refractivity contribution is -0.140. The Morgan fingerprint density at radius 2 is 2.13 bits per heavy atom. The zero-order valence-corrected chi connectivity index (χ0v) is 8.39. The number of nitrogen functional groups attached to an aromatic ring is 1. The van der Waals surface area contributed by atoms with Gasteiger partial charge in [-0.15, -0.1) is 0 Å². The standard InChI is InChI=1S/C11H14N2O2/c12-10-4-2-1-3-8(10)5-11(15)13-6-9(14)7-13/h1-4,9,14H,5-7,12H2. The summed E-state index contributed by atoms with van der Waals surface area (Å²) in [5, 5.41) is 9.07. The number of aliphatic hydroxyl groups is 1. The van der Waals surface area contributed by atoms with Crippen LogP contribution in [0.3, 0.4) is 0 Å². The first kappa shape index (κ1) is 9.98. The number of carbonyl (C=O) groups is 1. The van der Waals surface area contributed by atoms with Crippen molar-refractivity contribution in [3.05, 3.63) is 29.8 Å². The third-order valence-electron chi connectivity index (χ3n) is 2.61. The summed E-state index contributed by atoms with van der Waals surface area (Å²) in [6, 6.07) is 7.34. The SMILES string of the molecule is Nc1ccccc1CC(=O)N1CC(O)C1. The highest BCUT2D eigenvalue weighted by Crippen LogP contribution is 2.15. The molecule has 1 fully saturated rings. The third-order valence-corrected chi connectivity index (χ3v) is 2.61. The van der Waals surface area contributed by atoms with E-state index in [1.165, 1.54) is 0 Å². The minimum absolute atomic E-state index is 0.0261. The Bertz CT molecular complexity index is 373. The van der Waals surface area contributed by atoms with E-state index < -0.39 is 0 Å². The Balaban J connectivity index is 1.97. The molecule has 0 atom stereocenters. The van der Waals surface area contributed by atoms with Crippen molar-refractivity contribution in [3.8, 4) is 0 Å². The lowest BCUT2D eigenvalue weighted by Gasteiger charge is -2.36. The highest BCUT2D eigenvalue weighted by Gasteiger charge is 2.28. The molecule has 80 valence electrons. The number of anilines is 1. The van der Waals surface area contributed by atoms with Crippen molar-refractivity contribution >= 4 is 11.6 Å². The van der Waals surface area contributed by atoms with Crippen LogP contribution in [-0.4, -0.2) is 35.1 Å². The van der Waals surface area contributed by atoms with Crippen LogP contribution in [0.2, 0.25) is 0 Å². The third kappa shape index (κ3) is 2.10. The zero-order chi connectivity index (χ0) is 10.8. The summed E-state index contributed by atoms with van der Waals surface area (Å²) in [6.45, 7) is 0.900. The molecular formula is C11H14N2O2. The van der Waals surface area contributed by atoms with Crippen molar-refractivity contribution in [2.45, 2.75) is 12.5 Å². The van der Waals surface area contributed by atoms with Gasteiger partial charge in [-0.3, -0.25) is 4.79 Å². The topological polar surface area (TPSA) is 66.6 Å². The predicted molar refractivity (Wildman–Crippen MR) is 57.1 cm³/mol. The first-order valence-electron chi connectivity index (χ1n) is 4.96. The molecule has 1 amide bonds. The van der Waals surface area contributed by atoms with E-state index in [9.17, 15) is 4.79 Å². The van der Waals surface area contributed by atoms with Gasteiger partial charge in [0, 0.05) is 18.8 Å². The van der Waals surface area contributed by atoms with Crippen LogP contribution >= 0.6 is 0 Å². The summed E-state index contributed by atoms with van der Waals surface area (Å²) < 4.78 is 0. The number of carbonyl (C=O) groups excluding carboxylic acids is 1. The van der Waals surface area contributed by atoms with Gasteiger partial charge in [0.15, 0.2) is 0 Å². The number of hydrogen-bond acceptors (Lipinski definition) is 3. The predicted octanol–water partition coefficient (Wildman–Crippen LogP) is 0.0144. The largest absolute Gasteiger partial charge is 0.398 e. The molecule has 1 aromatic carbocycles. The monoisotopic (exact) mass is 206 g/mol. The maximum Gasteiger partial charge on any atom is 0.227 e. The van der Waals surface area contributed by atoms with Crippen molar-refractivity contribution in [1.29, 1.82) is 0 Å². The van der Waals surface area contributed by atoms with Gasteiger partial charge >= 0.3 is 0 Å². The molecule has 2 rings (SSSR count). The van der Waals surface area contributed by atoms with E-state index >= 15 is 0 Å². The molecular weight excluding hydrogens is 192 g/mol. The molecule has 1 aliphatic rings. The Morgan fingerprint density at radius 3 is 2.73 bits per heavy atom. The smallest absolute Gasteiger partial charge is 0.227 e. The van der Waals surface area contributed by atoms with E-state index in [-0.39, 0.29) is 12.0 Å². The van der Waals surface area contributed by atoms with Crippen molar-refractivity contribution in [2.24, 2.45) is 0 Å². The van der Waals surface area contributed by atoms with Crippen LogP contribution in [0.1, 0.15) is 5.56 Å². The molecule has 0 spiro atoms. The minimum atomic E-state index is -0.345. The average Bonchev–Trinajstić information content (AvgIpc) is 2.17. The Morgan fingerprint density at radius 1 is 1.47 bits per heavy atom. The number of amides is 1. The lowest BCUT2D eigenvalue weighted by Crippen LogP contribution is -2.53. The molecule has 1 saturated heterocycles. The number of para-hydroxylation sites is 1. The van der Waals surface area contributed by atoms with Gasteiger partial charge in [-0.25, -0.2) is 0 Å². The molecule has 0 bridgehead atoms. The highest BCUT2D eigenvalue weighted by atomic mass is 16.3. The fourth-order valence-corrected chi connectivity index (χ4v) is 1.63. The van der Waals surface area contributed by atoms with Crippen LogP contribution in [0.5, 0.6) is 0 Å². The summed E-state index contributed by atoms with van der Waals surface area (Å²) in [5.74, 6) is 0.0261. The molecule has 1 heterocycles. The van der Waals surface area contributed by atoms with E-state index in [0.717, 1.165) is 5.56 Å². The molecule has 0 unspecified atom stereocenters. The van der Waals surface area contributed by atoms with Crippen molar-refractivity contribution in [3.63, 3.8) is 0 Å². The maximum absolute atomic E-state index is 11.7. The molecule has 4 nitrogen and oxygen atoms in total. The molecule has 3 N–H and O–H groups in total. The lowest BCUT2D eigenvalue weighted by atomic mass is 10.1. The first-order chi connectivity index (χ1) is 7.16. The minimum Gasteiger partial charge on any atom is -0.398 e. The second-order valence-electron chi connectivity index (χ2n) is 3.83. The number of β-amino-alcohol motifs (C(OH)–C–C–N with tert-alkyl or cyclic N) is 1. The van der Waals surface area contributed by atoms with E-state index in [0.29, 0.717) is 25.2 Å². The van der Waals surface area contributed by atoms with Crippen LogP contribution in [0.25, 0.3) is 0 Å². The summed E-state index contributed by atoms with van der Waals surface area (Å²) in [5.41, 5.74) is 7.23. The number of benzene rings is 1. The number of rotatable bonds is 2. The number of nitrogens with two attached hydrogens (primary N) is 1. The number of hydrogen-bond donors (Lipinski definition) is 2. The van der Waals surface area contributed by atoms with Gasteiger partial charge in [0.25, 0.3) is 0 Å². The van der Waals surface area contributed by atoms with Gasteiger partial charge in [0.1, 0.15) is 0 Å². The Hall–Kier alpha value is -1.55. The zero-order valence-electron chi connectivity index (χ0n) is 8.39. The van der Waals surface area contributed by atoms with Crippen molar-refractivity contribution in [2.75, 3.05) is 18.8 Å². The van der Waals surface area contributed by atoms with Crippen LogP contribution in [0, 0.1) is 0 Å². The van der Waals surface area contributed by atoms with Crippen LogP contribution < -0.4 is 5.73 Å². The Labute approximate surface area is 88.3 Å². The summed E-state index contributed by atoms with van der Waals surface area (Å²) in [6.07, 6.45) is -0.0265. The van der Waals surface area contributed by atoms with Gasteiger partial charge in [-0.05, 0) is 11.6 Å². The summed E-state index contributed by atoms with van der Waals surface area (Å²) in [7, 11) is 0. The molecule has 0 radical (unpaired) electrons. The molecule has 1 aliphatic heterocycles. The summed E-state index contributed by atoms with van der Waals surface area (Å²) >= 11 is 0. The number of aliphatic hydroxyl groups excluding tert-OH is 1. The van der Waals surface area contributed by atoms with Gasteiger partial charge in [-0.2, -0.15) is 0 Å². The first-order valence-corrected chi connectivity index (χ1v) is 4.96. The normalized spacial score (nSPS) is 16.2. The van der Waals surface area contributed by atoms with Crippen LogP contribution in [-0.2, 0) is 11.2 Å². The molecule has 1 aromatic rings. The average molecular weight is 206 g/mol.